The van der Waals surface area contributed by atoms with E-state index in [1.165, 1.54) is 0 Å². The van der Waals surface area contributed by atoms with Crippen LogP contribution in [0.1, 0.15) is 19.8 Å². The van der Waals surface area contributed by atoms with Crippen LogP contribution in [0.25, 0.3) is 5.95 Å². The summed E-state index contributed by atoms with van der Waals surface area (Å²) in [4.78, 5) is 19.2. The van der Waals surface area contributed by atoms with Gasteiger partial charge >= 0.3 is 0 Å². The Balaban J connectivity index is 1.96. The highest BCUT2D eigenvalue weighted by Crippen LogP contribution is 2.24. The molecule has 0 amide bonds. The van der Waals surface area contributed by atoms with Crippen molar-refractivity contribution in [2.24, 2.45) is 0 Å². The Morgan fingerprint density at radius 2 is 2.10 bits per heavy atom. The van der Waals surface area contributed by atoms with Gasteiger partial charge in [-0.3, -0.25) is 4.57 Å². The molecule has 3 rings (SSSR count). The van der Waals surface area contributed by atoms with Crippen molar-refractivity contribution >= 4 is 11.9 Å². The summed E-state index contributed by atoms with van der Waals surface area (Å²) in [6.45, 7) is 3.19. The fourth-order valence-electron chi connectivity index (χ4n) is 2.49. The van der Waals surface area contributed by atoms with Gasteiger partial charge in [0.25, 0.3) is 0 Å². The smallest absolute Gasteiger partial charge is 0.241 e. The summed E-state index contributed by atoms with van der Waals surface area (Å²) in [6, 6.07) is 0. The van der Waals surface area contributed by atoms with Crippen molar-refractivity contribution in [1.82, 2.24) is 24.5 Å². The highest BCUT2D eigenvalue weighted by Gasteiger charge is 2.30. The van der Waals surface area contributed by atoms with Gasteiger partial charge in [0.2, 0.25) is 17.8 Å². The monoisotopic (exact) mass is 289 g/mol. The number of aromatic nitrogens is 5. The largest absolute Gasteiger partial charge is 0.388 e. The van der Waals surface area contributed by atoms with Crippen LogP contribution in [-0.4, -0.2) is 55.3 Å². The zero-order valence-electron chi connectivity index (χ0n) is 12.2. The third-order valence-corrected chi connectivity index (χ3v) is 3.53. The molecule has 2 aromatic rings. The molecule has 0 spiro atoms. The van der Waals surface area contributed by atoms with Crippen molar-refractivity contribution in [1.29, 1.82) is 0 Å². The molecule has 3 heterocycles. The van der Waals surface area contributed by atoms with Crippen LogP contribution >= 0.6 is 0 Å². The summed E-state index contributed by atoms with van der Waals surface area (Å²) in [5.41, 5.74) is -0.708. The van der Waals surface area contributed by atoms with E-state index >= 15 is 0 Å². The van der Waals surface area contributed by atoms with E-state index in [-0.39, 0.29) is 0 Å². The minimum atomic E-state index is -0.708. The van der Waals surface area contributed by atoms with E-state index in [2.05, 4.69) is 25.3 Å². The number of aliphatic hydroxyl groups is 1. The molecule has 1 fully saturated rings. The molecule has 0 bridgehead atoms. The molecule has 2 aromatic heterocycles. The lowest BCUT2D eigenvalue weighted by Gasteiger charge is -2.36. The number of piperidine rings is 1. The van der Waals surface area contributed by atoms with Crippen molar-refractivity contribution in [3.63, 3.8) is 0 Å². The van der Waals surface area contributed by atoms with Crippen LogP contribution in [0.2, 0.25) is 0 Å². The summed E-state index contributed by atoms with van der Waals surface area (Å²) >= 11 is 0. The van der Waals surface area contributed by atoms with E-state index in [4.69, 9.17) is 0 Å². The van der Waals surface area contributed by atoms with E-state index in [0.717, 1.165) is 19.4 Å². The molecule has 112 valence electrons. The van der Waals surface area contributed by atoms with E-state index in [1.54, 1.807) is 30.3 Å². The van der Waals surface area contributed by atoms with Crippen LogP contribution < -0.4 is 10.2 Å². The first kappa shape index (κ1) is 13.7. The lowest BCUT2D eigenvalue weighted by Crippen LogP contribution is -2.47. The normalized spacial score (nSPS) is 22.3. The molecular weight excluding hydrogens is 270 g/mol. The fourth-order valence-corrected chi connectivity index (χ4v) is 2.49. The number of hydrogen-bond donors (Lipinski definition) is 2. The maximum atomic E-state index is 10.2. The van der Waals surface area contributed by atoms with Crippen LogP contribution in [0.15, 0.2) is 18.7 Å². The van der Waals surface area contributed by atoms with E-state index in [1.807, 2.05) is 11.8 Å². The van der Waals surface area contributed by atoms with Crippen molar-refractivity contribution in [2.45, 2.75) is 25.4 Å². The zero-order valence-corrected chi connectivity index (χ0v) is 12.2. The van der Waals surface area contributed by atoms with Crippen LogP contribution in [0.4, 0.5) is 11.9 Å². The molecule has 0 aliphatic carbocycles. The van der Waals surface area contributed by atoms with Crippen molar-refractivity contribution < 1.29 is 5.11 Å². The second-order valence-corrected chi connectivity index (χ2v) is 5.50. The van der Waals surface area contributed by atoms with Gasteiger partial charge in [0.1, 0.15) is 6.33 Å². The van der Waals surface area contributed by atoms with Gasteiger partial charge < -0.3 is 15.3 Å². The molecule has 1 saturated heterocycles. The van der Waals surface area contributed by atoms with E-state index in [9.17, 15) is 5.11 Å². The summed E-state index contributed by atoms with van der Waals surface area (Å²) in [5.74, 6) is 1.57. The van der Waals surface area contributed by atoms with Gasteiger partial charge in [-0.25, -0.2) is 4.98 Å². The number of nitrogens with one attached hydrogen (secondary N) is 1. The Morgan fingerprint density at radius 3 is 2.76 bits per heavy atom. The molecular formula is C13H19N7O. The fraction of sp³-hybridized carbons (Fsp3) is 0.538. The second kappa shape index (κ2) is 5.28. The Bertz CT molecular complexity index is 611. The average molecular weight is 289 g/mol. The Labute approximate surface area is 122 Å². The molecule has 0 saturated carbocycles. The van der Waals surface area contributed by atoms with Gasteiger partial charge in [-0.1, -0.05) is 0 Å². The number of nitrogens with zero attached hydrogens (tertiary/aromatic N) is 6. The van der Waals surface area contributed by atoms with Crippen LogP contribution in [0.3, 0.4) is 0 Å². The molecule has 1 unspecified atom stereocenters. The van der Waals surface area contributed by atoms with Gasteiger partial charge in [-0.15, -0.1) is 0 Å². The first-order valence-electron chi connectivity index (χ1n) is 6.97. The number of β-amino-alcohol motifs (C(OH)–C–C–N with tert-alkyl or cyclic N) is 1. The lowest BCUT2D eigenvalue weighted by molar-refractivity contribution is 0.0444. The molecule has 1 aliphatic rings. The molecule has 8 heteroatoms. The van der Waals surface area contributed by atoms with Gasteiger partial charge in [-0.05, 0) is 19.8 Å². The standard InChI is InChI=1S/C13H19N7O/c1-13(21)4-3-6-19(8-13)11-16-10(14-2)17-12(18-11)20-7-5-15-9-20/h5,7,9,21H,3-4,6,8H2,1-2H3,(H,14,16,17,18). The summed E-state index contributed by atoms with van der Waals surface area (Å²) in [5, 5.41) is 13.2. The van der Waals surface area contributed by atoms with Gasteiger partial charge in [0.05, 0.1) is 5.60 Å². The molecule has 2 N–H and O–H groups in total. The SMILES string of the molecule is CNc1nc(N2CCCC(C)(O)C2)nc(-n2ccnc2)n1. The highest BCUT2D eigenvalue weighted by molar-refractivity contribution is 5.40. The first-order chi connectivity index (χ1) is 10.1. The third kappa shape index (κ3) is 2.94. The lowest BCUT2D eigenvalue weighted by atomic mass is 9.95. The predicted molar refractivity (Wildman–Crippen MR) is 78.6 cm³/mol. The van der Waals surface area contributed by atoms with Gasteiger partial charge in [-0.2, -0.15) is 15.0 Å². The minimum Gasteiger partial charge on any atom is -0.388 e. The molecule has 0 radical (unpaired) electrons. The van der Waals surface area contributed by atoms with E-state index in [0.29, 0.717) is 24.4 Å². The van der Waals surface area contributed by atoms with Crippen LogP contribution in [0, 0.1) is 0 Å². The average Bonchev–Trinajstić information content (AvgIpc) is 3.00. The van der Waals surface area contributed by atoms with Crippen molar-refractivity contribution in [2.75, 3.05) is 30.4 Å². The van der Waals surface area contributed by atoms with Crippen LogP contribution in [-0.2, 0) is 0 Å². The third-order valence-electron chi connectivity index (χ3n) is 3.53. The quantitative estimate of drug-likeness (QED) is 0.847. The first-order valence-corrected chi connectivity index (χ1v) is 6.97. The van der Waals surface area contributed by atoms with Crippen molar-refractivity contribution in [3.05, 3.63) is 18.7 Å². The zero-order chi connectivity index (χ0) is 14.9. The summed E-state index contributed by atoms with van der Waals surface area (Å²) in [7, 11) is 1.77. The summed E-state index contributed by atoms with van der Waals surface area (Å²) in [6.07, 6.45) is 6.81. The molecule has 21 heavy (non-hydrogen) atoms. The Hall–Kier alpha value is -2.22. The topological polar surface area (TPSA) is 92.0 Å². The van der Waals surface area contributed by atoms with Gasteiger partial charge in [0, 0.05) is 32.5 Å². The molecule has 8 nitrogen and oxygen atoms in total. The number of imidazole rings is 1. The Morgan fingerprint density at radius 1 is 1.29 bits per heavy atom. The molecule has 1 aliphatic heterocycles. The predicted octanol–water partition coefficient (Wildman–Crippen LogP) is 0.450. The Kier molecular flexibility index (Phi) is 3.46. The molecule has 0 aromatic carbocycles. The van der Waals surface area contributed by atoms with Crippen LogP contribution in [0.5, 0.6) is 0 Å². The summed E-state index contributed by atoms with van der Waals surface area (Å²) < 4.78 is 1.73. The van der Waals surface area contributed by atoms with E-state index < -0.39 is 5.60 Å². The number of anilines is 2. The minimum absolute atomic E-state index is 0.494. The second-order valence-electron chi connectivity index (χ2n) is 5.50. The number of rotatable bonds is 3. The maximum absolute atomic E-state index is 10.2. The number of hydrogen-bond acceptors (Lipinski definition) is 7. The van der Waals surface area contributed by atoms with Gasteiger partial charge in [0.15, 0.2) is 0 Å². The highest BCUT2D eigenvalue weighted by atomic mass is 16.3. The van der Waals surface area contributed by atoms with Crippen molar-refractivity contribution in [3.8, 4) is 5.95 Å². The molecule has 1 atom stereocenters. The maximum Gasteiger partial charge on any atom is 0.241 e.